The molecule has 0 N–H and O–H groups in total. The molecule has 53 heavy (non-hydrogen) atoms. The molecule has 7 aromatic carbocycles. The number of benzene rings is 7. The molecule has 0 radical (unpaired) electrons. The molecule has 0 saturated heterocycles. The van der Waals surface area contributed by atoms with E-state index in [4.69, 9.17) is 10.1 Å². The second-order valence-electron chi connectivity index (χ2n) is 13.5. The summed E-state index contributed by atoms with van der Waals surface area (Å²) in [5, 5.41) is 9.92. The Morgan fingerprint density at radius 2 is 0.849 bits per heavy atom. The van der Waals surface area contributed by atoms with Crippen molar-refractivity contribution in [2.24, 2.45) is 0 Å². The molecule has 0 saturated carbocycles. The maximum absolute atomic E-state index is 5.10. The summed E-state index contributed by atoms with van der Waals surface area (Å²) >= 11 is 0. The lowest BCUT2D eigenvalue weighted by Gasteiger charge is -2.09. The van der Waals surface area contributed by atoms with Crippen molar-refractivity contribution in [3.05, 3.63) is 188 Å². The molecule has 11 rings (SSSR count). The summed E-state index contributed by atoms with van der Waals surface area (Å²) in [6.07, 6.45) is 1.97. The largest absolute Gasteiger partial charge is 0.309 e. The molecule has 0 spiro atoms. The smallest absolute Gasteiger partial charge is 0.182 e. The maximum Gasteiger partial charge on any atom is 0.182 e. The number of aromatic nitrogens is 5. The Hall–Kier alpha value is -7.24. The Bertz CT molecular complexity index is 3090. The normalized spacial score (nSPS) is 11.8. The van der Waals surface area contributed by atoms with Crippen LogP contribution in [0, 0.1) is 0 Å². The zero-order valence-electron chi connectivity index (χ0n) is 28.6. The molecule has 4 aromatic heterocycles. The van der Waals surface area contributed by atoms with Crippen molar-refractivity contribution in [3.63, 3.8) is 0 Å². The van der Waals surface area contributed by atoms with Crippen molar-refractivity contribution in [1.82, 2.24) is 23.7 Å². The van der Waals surface area contributed by atoms with Gasteiger partial charge in [0.05, 0.1) is 22.1 Å². The molecule has 0 aliphatic carbocycles. The van der Waals surface area contributed by atoms with E-state index in [2.05, 4.69) is 185 Å². The first-order valence-corrected chi connectivity index (χ1v) is 17.9. The van der Waals surface area contributed by atoms with Gasteiger partial charge in [0.1, 0.15) is 0 Å². The molecule has 0 bridgehead atoms. The first-order chi connectivity index (χ1) is 26.3. The highest BCUT2D eigenvalue weighted by Crippen LogP contribution is 2.37. The zero-order valence-corrected chi connectivity index (χ0v) is 28.6. The monoisotopic (exact) mass is 677 g/mol. The van der Waals surface area contributed by atoms with Crippen molar-refractivity contribution in [2.75, 3.05) is 0 Å². The number of nitrogens with zero attached hydrogens (tertiary/aromatic N) is 5. The summed E-state index contributed by atoms with van der Waals surface area (Å²) in [5.41, 5.74) is 13.3. The summed E-state index contributed by atoms with van der Waals surface area (Å²) in [6, 6.07) is 64.7. The van der Waals surface area contributed by atoms with Gasteiger partial charge in [-0.05, 0) is 77.4 Å². The number of pyridine rings is 1. The van der Waals surface area contributed by atoms with Gasteiger partial charge >= 0.3 is 0 Å². The van der Waals surface area contributed by atoms with E-state index in [9.17, 15) is 0 Å². The van der Waals surface area contributed by atoms with Crippen LogP contribution in [-0.4, -0.2) is 23.7 Å². The fourth-order valence-electron chi connectivity index (χ4n) is 8.06. The minimum absolute atomic E-state index is 0.699. The second kappa shape index (κ2) is 11.7. The molecule has 0 amide bonds. The molecule has 0 atom stereocenters. The van der Waals surface area contributed by atoms with Crippen molar-refractivity contribution in [3.8, 4) is 45.0 Å². The molecule has 4 heterocycles. The van der Waals surface area contributed by atoms with Crippen LogP contribution in [0.4, 0.5) is 0 Å². The molecule has 0 aliphatic heterocycles. The predicted molar refractivity (Wildman–Crippen MR) is 218 cm³/mol. The van der Waals surface area contributed by atoms with Gasteiger partial charge in [-0.3, -0.25) is 0 Å². The van der Waals surface area contributed by atoms with Crippen molar-refractivity contribution < 1.29 is 0 Å². The number of fused-ring (bicyclic) bond motifs is 7. The molecule has 0 aliphatic rings. The number of rotatable bonds is 5. The fourth-order valence-corrected chi connectivity index (χ4v) is 8.06. The average Bonchev–Trinajstić information content (AvgIpc) is 3.92. The Balaban J connectivity index is 0.936. The molecule has 11 aromatic rings. The highest BCUT2D eigenvalue weighted by molar-refractivity contribution is 6.11. The molecule has 5 nitrogen and oxygen atoms in total. The molecule has 5 heteroatoms. The number of para-hydroxylation sites is 4. The molecule has 248 valence electrons. The lowest BCUT2D eigenvalue weighted by Crippen LogP contribution is -1.94. The van der Waals surface area contributed by atoms with E-state index in [1.807, 2.05) is 16.8 Å². The van der Waals surface area contributed by atoms with Crippen LogP contribution in [0.5, 0.6) is 0 Å². The topological polar surface area (TPSA) is 40.0 Å². The zero-order chi connectivity index (χ0) is 34.9. The summed E-state index contributed by atoms with van der Waals surface area (Å²) in [4.78, 5) is 5.10. The highest BCUT2D eigenvalue weighted by Gasteiger charge is 2.17. The van der Waals surface area contributed by atoms with Crippen molar-refractivity contribution in [2.45, 2.75) is 0 Å². The lowest BCUT2D eigenvalue weighted by atomic mass is 10.0. The van der Waals surface area contributed by atoms with Crippen LogP contribution in [0.25, 0.3) is 94.3 Å². The number of hydrogen-bond acceptors (Lipinski definition) is 2. The van der Waals surface area contributed by atoms with Crippen LogP contribution < -0.4 is 0 Å². The van der Waals surface area contributed by atoms with Crippen LogP contribution in [0.2, 0.25) is 0 Å². The van der Waals surface area contributed by atoms with Gasteiger partial charge < -0.3 is 9.13 Å². The van der Waals surface area contributed by atoms with Gasteiger partial charge in [0.25, 0.3) is 0 Å². The van der Waals surface area contributed by atoms with Crippen molar-refractivity contribution in [1.29, 1.82) is 0 Å². The molecular formula is C48H31N5. The lowest BCUT2D eigenvalue weighted by molar-refractivity contribution is 0.967. The van der Waals surface area contributed by atoms with E-state index in [-0.39, 0.29) is 0 Å². The summed E-state index contributed by atoms with van der Waals surface area (Å²) in [5.74, 6) is 0.699. The molecule has 0 unspecified atom stereocenters. The second-order valence-corrected chi connectivity index (χ2v) is 13.5. The first-order valence-electron chi connectivity index (χ1n) is 17.9. The summed E-state index contributed by atoms with van der Waals surface area (Å²) in [7, 11) is 0. The Labute approximate surface area is 305 Å². The third-order valence-corrected chi connectivity index (χ3v) is 10.5. The van der Waals surface area contributed by atoms with E-state index in [0.29, 0.717) is 5.82 Å². The van der Waals surface area contributed by atoms with Gasteiger partial charge in [0, 0.05) is 50.2 Å². The fraction of sp³-hybridized carbons (Fsp3) is 0. The van der Waals surface area contributed by atoms with Crippen LogP contribution in [-0.2, 0) is 0 Å². The summed E-state index contributed by atoms with van der Waals surface area (Å²) in [6.45, 7) is 0. The number of hydrogen-bond donors (Lipinski definition) is 0. The minimum atomic E-state index is 0.699. The van der Waals surface area contributed by atoms with E-state index in [1.165, 1.54) is 38.1 Å². The van der Waals surface area contributed by atoms with E-state index in [0.717, 1.165) is 50.4 Å². The Morgan fingerprint density at radius 1 is 0.358 bits per heavy atom. The average molecular weight is 678 g/mol. The third-order valence-electron chi connectivity index (χ3n) is 10.5. The maximum atomic E-state index is 5.10. The van der Waals surface area contributed by atoms with E-state index < -0.39 is 0 Å². The van der Waals surface area contributed by atoms with Gasteiger partial charge in [0.2, 0.25) is 0 Å². The van der Waals surface area contributed by atoms with Gasteiger partial charge in [-0.15, -0.1) is 5.10 Å². The van der Waals surface area contributed by atoms with E-state index >= 15 is 0 Å². The Morgan fingerprint density at radius 3 is 1.49 bits per heavy atom. The molecule has 0 fully saturated rings. The highest BCUT2D eigenvalue weighted by atomic mass is 15.3. The summed E-state index contributed by atoms with van der Waals surface area (Å²) < 4.78 is 6.59. The van der Waals surface area contributed by atoms with Crippen LogP contribution in [0.15, 0.2) is 188 Å². The SMILES string of the molecule is c1ccc(-n2c3ccccc3c3ccc(-c4cccn5nc(-c6ccc(-c7ccc(-n8c9ccccc9c9ccccc98)cc7)cc6)nc45)cc32)cc1. The van der Waals surface area contributed by atoms with Crippen molar-refractivity contribution >= 4 is 49.3 Å². The third kappa shape index (κ3) is 4.64. The van der Waals surface area contributed by atoms with Crippen LogP contribution in [0.1, 0.15) is 0 Å². The molecular weight excluding hydrogens is 647 g/mol. The van der Waals surface area contributed by atoms with Crippen LogP contribution >= 0.6 is 0 Å². The van der Waals surface area contributed by atoms with Gasteiger partial charge in [0.15, 0.2) is 11.5 Å². The minimum Gasteiger partial charge on any atom is -0.309 e. The van der Waals surface area contributed by atoms with Gasteiger partial charge in [-0.25, -0.2) is 9.50 Å². The standard InChI is InChI=1S/C48H31N5/c1-2-11-36(12-3-1)53-45-19-9-6-15-41(45)42-29-26-35(31-46(42)53)38-16-10-30-51-48(38)49-47(50-51)34-22-20-32(21-23-34)33-24-27-37(28-25-33)52-43-17-7-4-13-39(43)40-14-5-8-18-44(40)52/h1-31H. The van der Waals surface area contributed by atoms with E-state index in [1.54, 1.807) is 0 Å². The quantitative estimate of drug-likeness (QED) is 0.182. The van der Waals surface area contributed by atoms with Gasteiger partial charge in [-0.2, -0.15) is 0 Å². The van der Waals surface area contributed by atoms with Crippen LogP contribution in [0.3, 0.4) is 0 Å². The Kier molecular flexibility index (Phi) is 6.48. The van der Waals surface area contributed by atoms with Gasteiger partial charge in [-0.1, -0.05) is 121 Å². The first kappa shape index (κ1) is 29.5. The predicted octanol–water partition coefficient (Wildman–Crippen LogP) is 11.9.